The molecule has 20 heavy (non-hydrogen) atoms. The standard InChI is InChI=1S/C14H20N2O4/c17-8-10-7-16(11(9-18)6-15-10)12-2-1-3-13-14(12)20-5-4-19-13/h1-3,10-11,15,17-18H,4-9H2. The number of ether oxygens (including phenoxy) is 2. The molecule has 2 heterocycles. The van der Waals surface area contributed by atoms with Crippen LogP contribution in [0.15, 0.2) is 18.2 Å². The minimum atomic E-state index is -0.0326. The predicted octanol–water partition coefficient (Wildman–Crippen LogP) is -0.411. The molecule has 0 aromatic heterocycles. The SMILES string of the molecule is OCC1CN(c2cccc3c2OCCO3)C(CO)CN1. The first-order valence-electron chi connectivity index (χ1n) is 6.94. The maximum absolute atomic E-state index is 9.57. The van der Waals surface area contributed by atoms with E-state index in [2.05, 4.69) is 10.2 Å². The molecular formula is C14H20N2O4. The summed E-state index contributed by atoms with van der Waals surface area (Å²) >= 11 is 0. The summed E-state index contributed by atoms with van der Waals surface area (Å²) in [7, 11) is 0. The van der Waals surface area contributed by atoms with Crippen molar-refractivity contribution in [3.8, 4) is 11.5 Å². The molecule has 3 rings (SSSR count). The Kier molecular flexibility index (Phi) is 3.95. The topological polar surface area (TPSA) is 74.2 Å². The molecule has 0 amide bonds. The Bertz CT molecular complexity index is 468. The number of hydrogen-bond acceptors (Lipinski definition) is 6. The largest absolute Gasteiger partial charge is 0.486 e. The number of aliphatic hydroxyl groups is 2. The zero-order valence-electron chi connectivity index (χ0n) is 11.3. The number of rotatable bonds is 3. The van der Waals surface area contributed by atoms with Crippen molar-refractivity contribution >= 4 is 5.69 Å². The highest BCUT2D eigenvalue weighted by atomic mass is 16.6. The summed E-state index contributed by atoms with van der Waals surface area (Å²) in [6.07, 6.45) is 0. The molecule has 0 aliphatic carbocycles. The van der Waals surface area contributed by atoms with E-state index in [1.165, 1.54) is 0 Å². The fraction of sp³-hybridized carbons (Fsp3) is 0.571. The summed E-state index contributed by atoms with van der Waals surface area (Å²) in [5, 5.41) is 22.1. The van der Waals surface area contributed by atoms with Gasteiger partial charge in [0.2, 0.25) is 0 Å². The summed E-state index contributed by atoms with van der Waals surface area (Å²) in [6.45, 7) is 2.47. The lowest BCUT2D eigenvalue weighted by Crippen LogP contribution is -2.59. The normalized spacial score (nSPS) is 25.6. The summed E-state index contributed by atoms with van der Waals surface area (Å²) in [5.74, 6) is 1.47. The Hall–Kier alpha value is -1.50. The van der Waals surface area contributed by atoms with E-state index in [1.54, 1.807) is 0 Å². The van der Waals surface area contributed by atoms with Crippen LogP contribution >= 0.6 is 0 Å². The molecule has 1 aromatic carbocycles. The van der Waals surface area contributed by atoms with E-state index in [0.717, 1.165) is 17.2 Å². The maximum atomic E-state index is 9.57. The van der Waals surface area contributed by atoms with Crippen LogP contribution < -0.4 is 19.7 Å². The van der Waals surface area contributed by atoms with Gasteiger partial charge in [-0.15, -0.1) is 0 Å². The molecule has 0 spiro atoms. The molecule has 1 fully saturated rings. The fourth-order valence-electron chi connectivity index (χ4n) is 2.73. The third-order valence-electron chi connectivity index (χ3n) is 3.79. The minimum absolute atomic E-state index is 0.00170. The quantitative estimate of drug-likeness (QED) is 0.699. The average Bonchev–Trinajstić information content (AvgIpc) is 2.53. The van der Waals surface area contributed by atoms with Crippen molar-refractivity contribution < 1.29 is 19.7 Å². The van der Waals surface area contributed by atoms with Gasteiger partial charge in [0, 0.05) is 19.1 Å². The van der Waals surface area contributed by atoms with E-state index < -0.39 is 0 Å². The Labute approximate surface area is 117 Å². The number of anilines is 1. The number of piperazine rings is 1. The van der Waals surface area contributed by atoms with Gasteiger partial charge in [-0.05, 0) is 12.1 Å². The zero-order valence-corrected chi connectivity index (χ0v) is 11.3. The Balaban J connectivity index is 1.93. The van der Waals surface area contributed by atoms with Crippen LogP contribution in [0, 0.1) is 0 Å². The molecule has 1 saturated heterocycles. The van der Waals surface area contributed by atoms with Crippen LogP contribution in [0.1, 0.15) is 0 Å². The molecule has 110 valence electrons. The summed E-state index contributed by atoms with van der Waals surface area (Å²) in [6, 6.07) is 5.74. The van der Waals surface area contributed by atoms with Gasteiger partial charge in [-0.2, -0.15) is 0 Å². The van der Waals surface area contributed by atoms with Gasteiger partial charge in [0.1, 0.15) is 13.2 Å². The second kappa shape index (κ2) is 5.87. The number of hydrogen-bond donors (Lipinski definition) is 3. The number of benzene rings is 1. The van der Waals surface area contributed by atoms with Crippen molar-refractivity contribution in [2.75, 3.05) is 44.4 Å². The Morgan fingerprint density at radius 2 is 2.05 bits per heavy atom. The van der Waals surface area contributed by atoms with E-state index in [1.807, 2.05) is 18.2 Å². The first-order valence-corrected chi connectivity index (χ1v) is 6.94. The van der Waals surface area contributed by atoms with Gasteiger partial charge in [-0.1, -0.05) is 6.07 Å². The van der Waals surface area contributed by atoms with E-state index in [0.29, 0.717) is 26.3 Å². The monoisotopic (exact) mass is 280 g/mol. The van der Waals surface area contributed by atoms with Crippen molar-refractivity contribution in [3.05, 3.63) is 18.2 Å². The maximum Gasteiger partial charge on any atom is 0.184 e. The smallest absolute Gasteiger partial charge is 0.184 e. The Morgan fingerprint density at radius 1 is 1.20 bits per heavy atom. The van der Waals surface area contributed by atoms with Crippen LogP contribution in [0.3, 0.4) is 0 Å². The van der Waals surface area contributed by atoms with Gasteiger partial charge in [0.15, 0.2) is 11.5 Å². The molecule has 0 radical (unpaired) electrons. The van der Waals surface area contributed by atoms with Crippen LogP contribution in [0.25, 0.3) is 0 Å². The van der Waals surface area contributed by atoms with Gasteiger partial charge in [-0.3, -0.25) is 0 Å². The van der Waals surface area contributed by atoms with E-state index >= 15 is 0 Å². The molecule has 1 aromatic rings. The number of aliphatic hydroxyl groups excluding tert-OH is 2. The number of nitrogens with one attached hydrogen (secondary N) is 1. The highest BCUT2D eigenvalue weighted by Gasteiger charge is 2.30. The number of para-hydroxylation sites is 1. The molecule has 2 aliphatic heterocycles. The summed E-state index contributed by atoms with van der Waals surface area (Å²) in [5.41, 5.74) is 0.918. The molecule has 0 saturated carbocycles. The molecule has 2 aliphatic rings. The Morgan fingerprint density at radius 3 is 2.85 bits per heavy atom. The summed E-state index contributed by atoms with van der Waals surface area (Å²) < 4.78 is 11.3. The van der Waals surface area contributed by atoms with Crippen LogP contribution in [-0.4, -0.2) is 61.8 Å². The molecule has 6 heteroatoms. The van der Waals surface area contributed by atoms with E-state index in [-0.39, 0.29) is 25.3 Å². The van der Waals surface area contributed by atoms with Gasteiger partial charge in [0.25, 0.3) is 0 Å². The lowest BCUT2D eigenvalue weighted by atomic mass is 10.1. The zero-order chi connectivity index (χ0) is 13.9. The molecular weight excluding hydrogens is 260 g/mol. The summed E-state index contributed by atoms with van der Waals surface area (Å²) in [4.78, 5) is 2.09. The number of fused-ring (bicyclic) bond motifs is 1. The lowest BCUT2D eigenvalue weighted by molar-refractivity contribution is 0.169. The van der Waals surface area contributed by atoms with Crippen molar-refractivity contribution in [2.45, 2.75) is 12.1 Å². The molecule has 2 atom stereocenters. The predicted molar refractivity (Wildman–Crippen MR) is 74.5 cm³/mol. The lowest BCUT2D eigenvalue weighted by Gasteiger charge is -2.41. The molecule has 6 nitrogen and oxygen atoms in total. The first-order chi connectivity index (χ1) is 9.83. The molecule has 2 unspecified atom stereocenters. The highest BCUT2D eigenvalue weighted by Crippen LogP contribution is 2.40. The van der Waals surface area contributed by atoms with Crippen molar-refractivity contribution in [3.63, 3.8) is 0 Å². The van der Waals surface area contributed by atoms with Crippen molar-refractivity contribution in [1.82, 2.24) is 5.32 Å². The fourth-order valence-corrected chi connectivity index (χ4v) is 2.73. The van der Waals surface area contributed by atoms with Gasteiger partial charge >= 0.3 is 0 Å². The molecule has 3 N–H and O–H groups in total. The second-order valence-corrected chi connectivity index (χ2v) is 5.08. The molecule has 0 bridgehead atoms. The van der Waals surface area contributed by atoms with Crippen LogP contribution in [-0.2, 0) is 0 Å². The minimum Gasteiger partial charge on any atom is -0.486 e. The number of nitrogens with zero attached hydrogens (tertiary/aromatic N) is 1. The van der Waals surface area contributed by atoms with Gasteiger partial charge < -0.3 is 29.9 Å². The first kappa shape index (κ1) is 13.5. The third-order valence-corrected chi connectivity index (χ3v) is 3.79. The van der Waals surface area contributed by atoms with Crippen LogP contribution in [0.2, 0.25) is 0 Å². The highest BCUT2D eigenvalue weighted by molar-refractivity contribution is 5.66. The van der Waals surface area contributed by atoms with Crippen molar-refractivity contribution in [1.29, 1.82) is 0 Å². The van der Waals surface area contributed by atoms with Crippen LogP contribution in [0.5, 0.6) is 11.5 Å². The average molecular weight is 280 g/mol. The van der Waals surface area contributed by atoms with Crippen molar-refractivity contribution in [2.24, 2.45) is 0 Å². The van der Waals surface area contributed by atoms with Gasteiger partial charge in [0.05, 0.1) is 24.9 Å². The van der Waals surface area contributed by atoms with E-state index in [9.17, 15) is 10.2 Å². The van der Waals surface area contributed by atoms with Crippen LogP contribution in [0.4, 0.5) is 5.69 Å². The van der Waals surface area contributed by atoms with Gasteiger partial charge in [-0.25, -0.2) is 0 Å². The van der Waals surface area contributed by atoms with E-state index in [4.69, 9.17) is 9.47 Å². The third kappa shape index (κ3) is 2.42. The second-order valence-electron chi connectivity index (χ2n) is 5.08.